The van der Waals surface area contributed by atoms with Crippen LogP contribution < -0.4 is 16.4 Å². The van der Waals surface area contributed by atoms with Crippen molar-refractivity contribution in [2.24, 2.45) is 0 Å². The van der Waals surface area contributed by atoms with Crippen molar-refractivity contribution in [2.75, 3.05) is 36.1 Å². The van der Waals surface area contributed by atoms with Gasteiger partial charge in [0.05, 0.1) is 30.3 Å². The Morgan fingerprint density at radius 2 is 2.20 bits per heavy atom. The van der Waals surface area contributed by atoms with Crippen molar-refractivity contribution in [3.05, 3.63) is 18.2 Å². The number of rotatable bonds is 1. The van der Waals surface area contributed by atoms with Crippen LogP contribution >= 0.6 is 0 Å². The standard InChI is InChI=1S/C11H17N3O/c1-8-7-15-6-5-14(8)10-4-2-3-9(12)11(10)13/h2-4,8H,5-7,12-13H2,1H3. The fourth-order valence-electron chi connectivity index (χ4n) is 1.91. The molecule has 1 aliphatic heterocycles. The van der Waals surface area contributed by atoms with Gasteiger partial charge in [-0.15, -0.1) is 0 Å². The number of benzene rings is 1. The van der Waals surface area contributed by atoms with Crippen LogP contribution in [0.3, 0.4) is 0 Å². The third kappa shape index (κ3) is 1.85. The maximum atomic E-state index is 5.97. The predicted octanol–water partition coefficient (Wildman–Crippen LogP) is 1.08. The van der Waals surface area contributed by atoms with E-state index in [2.05, 4.69) is 11.8 Å². The molecule has 15 heavy (non-hydrogen) atoms. The molecule has 1 aromatic carbocycles. The van der Waals surface area contributed by atoms with Crippen molar-refractivity contribution in [1.82, 2.24) is 0 Å². The Hall–Kier alpha value is -1.42. The second-order valence-electron chi connectivity index (χ2n) is 3.90. The fourth-order valence-corrected chi connectivity index (χ4v) is 1.91. The summed E-state index contributed by atoms with van der Waals surface area (Å²) in [4.78, 5) is 2.25. The second kappa shape index (κ2) is 3.98. The lowest BCUT2D eigenvalue weighted by molar-refractivity contribution is 0.0990. The van der Waals surface area contributed by atoms with Gasteiger partial charge < -0.3 is 21.1 Å². The monoisotopic (exact) mass is 207 g/mol. The molecule has 0 aromatic heterocycles. The van der Waals surface area contributed by atoms with Crippen LogP contribution in [0.15, 0.2) is 18.2 Å². The molecule has 1 aliphatic rings. The van der Waals surface area contributed by atoms with E-state index in [1.165, 1.54) is 0 Å². The predicted molar refractivity (Wildman–Crippen MR) is 62.9 cm³/mol. The number of anilines is 3. The highest BCUT2D eigenvalue weighted by Crippen LogP contribution is 2.30. The molecule has 0 bridgehead atoms. The van der Waals surface area contributed by atoms with Crippen molar-refractivity contribution in [1.29, 1.82) is 0 Å². The molecular formula is C11H17N3O. The summed E-state index contributed by atoms with van der Waals surface area (Å²) in [6.07, 6.45) is 0. The van der Waals surface area contributed by atoms with E-state index in [0.717, 1.165) is 25.4 Å². The van der Waals surface area contributed by atoms with E-state index in [1.807, 2.05) is 18.2 Å². The smallest absolute Gasteiger partial charge is 0.0785 e. The summed E-state index contributed by atoms with van der Waals surface area (Å²) in [5.41, 5.74) is 14.1. The Bertz CT molecular complexity index is 354. The van der Waals surface area contributed by atoms with Crippen LogP contribution in [0, 0.1) is 0 Å². The van der Waals surface area contributed by atoms with E-state index in [-0.39, 0.29) is 0 Å². The average molecular weight is 207 g/mol. The summed E-state index contributed by atoms with van der Waals surface area (Å²) in [5, 5.41) is 0. The number of nitrogens with two attached hydrogens (primary N) is 2. The van der Waals surface area contributed by atoms with E-state index in [9.17, 15) is 0 Å². The minimum Gasteiger partial charge on any atom is -0.397 e. The van der Waals surface area contributed by atoms with Crippen molar-refractivity contribution in [3.63, 3.8) is 0 Å². The Labute approximate surface area is 89.8 Å². The molecule has 1 atom stereocenters. The first-order valence-electron chi connectivity index (χ1n) is 5.18. The Morgan fingerprint density at radius 3 is 2.93 bits per heavy atom. The number of ether oxygens (including phenoxy) is 1. The second-order valence-corrected chi connectivity index (χ2v) is 3.90. The molecule has 4 N–H and O–H groups in total. The molecule has 0 amide bonds. The molecule has 82 valence electrons. The lowest BCUT2D eigenvalue weighted by Gasteiger charge is -2.36. The number of para-hydroxylation sites is 1. The van der Waals surface area contributed by atoms with Crippen LogP contribution in [0.2, 0.25) is 0 Å². The highest BCUT2D eigenvalue weighted by molar-refractivity contribution is 5.79. The first kappa shape index (κ1) is 10.1. The van der Waals surface area contributed by atoms with Gasteiger partial charge in [0.15, 0.2) is 0 Å². The number of nitrogens with zero attached hydrogens (tertiary/aromatic N) is 1. The first-order valence-corrected chi connectivity index (χ1v) is 5.18. The van der Waals surface area contributed by atoms with Crippen LogP contribution in [-0.2, 0) is 4.74 Å². The molecule has 4 nitrogen and oxygen atoms in total. The molecule has 1 heterocycles. The zero-order valence-electron chi connectivity index (χ0n) is 8.94. The zero-order valence-corrected chi connectivity index (χ0v) is 8.94. The Kier molecular flexibility index (Phi) is 2.68. The van der Waals surface area contributed by atoms with Crippen LogP contribution in [0.4, 0.5) is 17.1 Å². The summed E-state index contributed by atoms with van der Waals surface area (Å²) in [6, 6.07) is 6.11. The molecule has 0 saturated carbocycles. The SMILES string of the molecule is CC1COCCN1c1cccc(N)c1N. The topological polar surface area (TPSA) is 64.5 Å². The maximum absolute atomic E-state index is 5.97. The van der Waals surface area contributed by atoms with Crippen molar-refractivity contribution < 1.29 is 4.74 Å². The maximum Gasteiger partial charge on any atom is 0.0785 e. The molecule has 0 aliphatic carbocycles. The zero-order chi connectivity index (χ0) is 10.8. The van der Waals surface area contributed by atoms with E-state index in [0.29, 0.717) is 17.4 Å². The number of hydrogen-bond donors (Lipinski definition) is 2. The van der Waals surface area contributed by atoms with Crippen molar-refractivity contribution >= 4 is 17.1 Å². The van der Waals surface area contributed by atoms with E-state index in [1.54, 1.807) is 0 Å². The summed E-state index contributed by atoms with van der Waals surface area (Å²) in [5.74, 6) is 0. The molecule has 1 unspecified atom stereocenters. The van der Waals surface area contributed by atoms with Gasteiger partial charge >= 0.3 is 0 Å². The van der Waals surface area contributed by atoms with Gasteiger partial charge in [0, 0.05) is 12.6 Å². The van der Waals surface area contributed by atoms with Gasteiger partial charge in [-0.1, -0.05) is 6.07 Å². The quantitative estimate of drug-likeness (QED) is 0.676. The minimum atomic E-state index is 0.350. The van der Waals surface area contributed by atoms with Gasteiger partial charge in [-0.2, -0.15) is 0 Å². The minimum absolute atomic E-state index is 0.350. The Morgan fingerprint density at radius 1 is 1.40 bits per heavy atom. The van der Waals surface area contributed by atoms with Crippen LogP contribution in [-0.4, -0.2) is 25.8 Å². The van der Waals surface area contributed by atoms with Gasteiger partial charge in [0.1, 0.15) is 0 Å². The van der Waals surface area contributed by atoms with Gasteiger partial charge in [0.2, 0.25) is 0 Å². The van der Waals surface area contributed by atoms with E-state index in [4.69, 9.17) is 16.2 Å². The highest BCUT2D eigenvalue weighted by Gasteiger charge is 2.21. The largest absolute Gasteiger partial charge is 0.397 e. The highest BCUT2D eigenvalue weighted by atomic mass is 16.5. The number of nitrogen functional groups attached to an aromatic ring is 2. The molecule has 0 radical (unpaired) electrons. The molecule has 1 fully saturated rings. The molecular weight excluding hydrogens is 190 g/mol. The van der Waals surface area contributed by atoms with E-state index >= 15 is 0 Å². The van der Waals surface area contributed by atoms with Gasteiger partial charge in [-0.05, 0) is 19.1 Å². The lowest BCUT2D eigenvalue weighted by atomic mass is 10.1. The summed E-state index contributed by atoms with van der Waals surface area (Å²) >= 11 is 0. The number of hydrogen-bond acceptors (Lipinski definition) is 4. The van der Waals surface area contributed by atoms with E-state index < -0.39 is 0 Å². The third-order valence-electron chi connectivity index (χ3n) is 2.79. The molecule has 4 heteroatoms. The third-order valence-corrected chi connectivity index (χ3v) is 2.79. The van der Waals surface area contributed by atoms with Gasteiger partial charge in [-0.25, -0.2) is 0 Å². The molecule has 2 rings (SSSR count). The fraction of sp³-hybridized carbons (Fsp3) is 0.455. The normalized spacial score (nSPS) is 21.7. The molecule has 1 aromatic rings. The lowest BCUT2D eigenvalue weighted by Crippen LogP contribution is -2.44. The molecule has 1 saturated heterocycles. The van der Waals surface area contributed by atoms with Crippen molar-refractivity contribution in [2.45, 2.75) is 13.0 Å². The average Bonchev–Trinajstić information content (AvgIpc) is 2.23. The first-order chi connectivity index (χ1) is 7.20. The van der Waals surface area contributed by atoms with Gasteiger partial charge in [0.25, 0.3) is 0 Å². The van der Waals surface area contributed by atoms with Crippen LogP contribution in [0.5, 0.6) is 0 Å². The van der Waals surface area contributed by atoms with Gasteiger partial charge in [-0.3, -0.25) is 0 Å². The molecule has 0 spiro atoms. The Balaban J connectivity index is 2.31. The summed E-state index contributed by atoms with van der Waals surface area (Å²) in [7, 11) is 0. The number of morpholine rings is 1. The van der Waals surface area contributed by atoms with Crippen molar-refractivity contribution in [3.8, 4) is 0 Å². The van der Waals surface area contributed by atoms with Crippen LogP contribution in [0.25, 0.3) is 0 Å². The van der Waals surface area contributed by atoms with Crippen LogP contribution in [0.1, 0.15) is 6.92 Å². The summed E-state index contributed by atoms with van der Waals surface area (Å²) < 4.78 is 5.39. The summed E-state index contributed by atoms with van der Waals surface area (Å²) in [6.45, 7) is 4.49.